The highest BCUT2D eigenvalue weighted by Crippen LogP contribution is 2.12. The molecule has 0 aromatic heterocycles. The van der Waals surface area contributed by atoms with Crippen molar-refractivity contribution >= 4 is 46.2 Å². The largest absolute Gasteiger partial charge is 0.224 e. The van der Waals surface area contributed by atoms with Gasteiger partial charge in [0.25, 0.3) is 0 Å². The van der Waals surface area contributed by atoms with Crippen LogP contribution in [0.1, 0.15) is 0 Å². The van der Waals surface area contributed by atoms with Gasteiger partial charge in [-0.15, -0.1) is 0 Å². The zero-order valence-electron chi connectivity index (χ0n) is 6.06. The molecule has 1 rings (SSSR count). The SMILES string of the molecule is O=S(=O)=C1C=CC=C(Br)C1=S(=O)=O. The van der Waals surface area contributed by atoms with Gasteiger partial charge in [0.15, 0.2) is 0 Å². The molecule has 0 unspecified atom stereocenters. The molecule has 0 saturated heterocycles. The second-order valence-electron chi connectivity index (χ2n) is 2.04. The Kier molecular flexibility index (Phi) is 3.23. The average molecular weight is 283 g/mol. The lowest BCUT2D eigenvalue weighted by Crippen LogP contribution is -2.16. The molecule has 13 heavy (non-hydrogen) atoms. The summed E-state index contributed by atoms with van der Waals surface area (Å²) in [7, 11) is -5.11. The molecule has 70 valence electrons. The van der Waals surface area contributed by atoms with E-state index in [1.54, 1.807) is 0 Å². The van der Waals surface area contributed by atoms with E-state index in [-0.39, 0.29) is 14.2 Å². The molecule has 1 aliphatic rings. The minimum atomic E-state index is -2.56. The van der Waals surface area contributed by atoms with Gasteiger partial charge in [0.05, 0.1) is 0 Å². The molecule has 0 aromatic carbocycles. The van der Waals surface area contributed by atoms with Gasteiger partial charge in [-0.3, -0.25) is 0 Å². The average Bonchev–Trinajstić information content (AvgIpc) is 2.02. The van der Waals surface area contributed by atoms with Crippen LogP contribution in [0.25, 0.3) is 0 Å². The fourth-order valence-corrected chi connectivity index (χ4v) is 2.99. The molecule has 0 bridgehead atoms. The maximum atomic E-state index is 10.6. The van der Waals surface area contributed by atoms with Crippen LogP contribution in [0.4, 0.5) is 0 Å². The number of hydrogen-bond acceptors (Lipinski definition) is 4. The topological polar surface area (TPSA) is 68.3 Å². The molecule has 0 fully saturated rings. The molecule has 4 nitrogen and oxygen atoms in total. The highest BCUT2D eigenvalue weighted by atomic mass is 79.9. The lowest BCUT2D eigenvalue weighted by molar-refractivity contribution is 0.625. The van der Waals surface area contributed by atoms with Crippen molar-refractivity contribution in [2.45, 2.75) is 0 Å². The Balaban J connectivity index is 3.71. The van der Waals surface area contributed by atoms with Crippen molar-refractivity contribution in [3.05, 3.63) is 22.7 Å². The number of halogens is 1. The van der Waals surface area contributed by atoms with Crippen molar-refractivity contribution in [2.24, 2.45) is 0 Å². The van der Waals surface area contributed by atoms with Crippen LogP contribution < -0.4 is 0 Å². The van der Waals surface area contributed by atoms with Crippen LogP contribution in [0.3, 0.4) is 0 Å². The van der Waals surface area contributed by atoms with Gasteiger partial charge in [-0.2, -0.15) is 16.8 Å². The van der Waals surface area contributed by atoms with E-state index in [1.807, 2.05) is 0 Å². The standard InChI is InChI=1S/C6H3BrO4S2/c7-4-2-1-3-5(12(8)9)6(4)13(10)11/h1-3H. The molecule has 1 aliphatic carbocycles. The number of allylic oxidation sites excluding steroid dienone is 4. The van der Waals surface area contributed by atoms with Gasteiger partial charge in [-0.1, -0.05) is 6.08 Å². The fraction of sp³-hybridized carbons (Fsp3) is 0. The third-order valence-corrected chi connectivity index (χ3v) is 3.80. The zero-order chi connectivity index (χ0) is 10.0. The molecular weight excluding hydrogens is 280 g/mol. The third kappa shape index (κ3) is 2.17. The lowest BCUT2D eigenvalue weighted by Gasteiger charge is -2.01. The van der Waals surface area contributed by atoms with Gasteiger partial charge in [0, 0.05) is 4.48 Å². The molecule has 0 spiro atoms. The first-order valence-electron chi connectivity index (χ1n) is 3.01. The second-order valence-corrected chi connectivity index (χ2v) is 4.68. The molecule has 7 heteroatoms. The Hall–Kier alpha value is -0.660. The van der Waals surface area contributed by atoms with Crippen molar-refractivity contribution in [3.8, 4) is 0 Å². The number of rotatable bonds is 0. The molecule has 0 amide bonds. The Bertz CT molecular complexity index is 544. The third-order valence-electron chi connectivity index (χ3n) is 1.28. The summed E-state index contributed by atoms with van der Waals surface area (Å²) in [5.74, 6) is 0. The van der Waals surface area contributed by atoms with E-state index in [9.17, 15) is 16.8 Å². The monoisotopic (exact) mass is 282 g/mol. The normalized spacial score (nSPS) is 15.6. The molecule has 0 N–H and O–H groups in total. The Morgan fingerprint density at radius 2 is 1.69 bits per heavy atom. The van der Waals surface area contributed by atoms with Crippen LogP contribution >= 0.6 is 15.9 Å². The highest BCUT2D eigenvalue weighted by Gasteiger charge is 2.15. The maximum Gasteiger partial charge on any atom is 0.224 e. The molecule has 0 aromatic rings. The van der Waals surface area contributed by atoms with Crippen molar-refractivity contribution in [1.29, 1.82) is 0 Å². The molecule has 0 saturated carbocycles. The summed E-state index contributed by atoms with van der Waals surface area (Å²) in [6.07, 6.45) is 4.13. The minimum absolute atomic E-state index is 0.234. The molecule has 0 radical (unpaired) electrons. The summed E-state index contributed by atoms with van der Waals surface area (Å²) in [5, 5.41) is 0. The maximum absolute atomic E-state index is 10.6. The second kappa shape index (κ2) is 4.03. The minimum Gasteiger partial charge on any atom is -0.184 e. The van der Waals surface area contributed by atoms with E-state index in [4.69, 9.17) is 0 Å². The van der Waals surface area contributed by atoms with Gasteiger partial charge < -0.3 is 0 Å². The van der Waals surface area contributed by atoms with E-state index in [0.29, 0.717) is 0 Å². The van der Waals surface area contributed by atoms with E-state index in [2.05, 4.69) is 15.9 Å². The Morgan fingerprint density at radius 3 is 2.08 bits per heavy atom. The van der Waals surface area contributed by atoms with Crippen molar-refractivity contribution in [3.63, 3.8) is 0 Å². The summed E-state index contributed by atoms with van der Waals surface area (Å²) in [5.41, 5.74) is 0. The van der Waals surface area contributed by atoms with Gasteiger partial charge in [0.2, 0.25) is 20.6 Å². The summed E-state index contributed by atoms with van der Waals surface area (Å²) in [4.78, 5) is -0.474. The molecule has 0 heterocycles. The van der Waals surface area contributed by atoms with Crippen LogP contribution in [0, 0.1) is 0 Å². The first-order chi connectivity index (χ1) is 6.04. The predicted octanol–water partition coefficient (Wildman–Crippen LogP) is -0.0620. The van der Waals surface area contributed by atoms with E-state index in [0.717, 1.165) is 0 Å². The molecular formula is C6H3BrO4S2. The van der Waals surface area contributed by atoms with Crippen LogP contribution in [0.15, 0.2) is 22.7 Å². The van der Waals surface area contributed by atoms with E-state index >= 15 is 0 Å². The lowest BCUT2D eigenvalue weighted by atomic mass is 10.2. The molecule has 0 aliphatic heterocycles. The number of hydrogen-bond donors (Lipinski definition) is 0. The predicted molar refractivity (Wildman–Crippen MR) is 54.0 cm³/mol. The van der Waals surface area contributed by atoms with Crippen LogP contribution in [0.2, 0.25) is 0 Å². The van der Waals surface area contributed by atoms with Gasteiger partial charge in [0.1, 0.15) is 9.73 Å². The quantitative estimate of drug-likeness (QED) is 0.584. The zero-order valence-corrected chi connectivity index (χ0v) is 9.28. The van der Waals surface area contributed by atoms with Crippen LogP contribution in [-0.4, -0.2) is 26.6 Å². The Labute approximate surface area is 85.8 Å². The summed E-state index contributed by atoms with van der Waals surface area (Å²) >= 11 is 2.95. The highest BCUT2D eigenvalue weighted by molar-refractivity contribution is 9.12. The summed E-state index contributed by atoms with van der Waals surface area (Å²) < 4.78 is 42.7. The first kappa shape index (κ1) is 10.4. The van der Waals surface area contributed by atoms with Gasteiger partial charge in [-0.25, -0.2) is 0 Å². The fourth-order valence-electron chi connectivity index (χ4n) is 0.782. The molecule has 0 atom stereocenters. The van der Waals surface area contributed by atoms with Crippen LogP contribution in [-0.2, 0) is 20.6 Å². The Morgan fingerprint density at radius 1 is 1.08 bits per heavy atom. The first-order valence-corrected chi connectivity index (χ1v) is 5.95. The smallest absolute Gasteiger partial charge is 0.184 e. The summed E-state index contributed by atoms with van der Waals surface area (Å²) in [6.45, 7) is 0. The van der Waals surface area contributed by atoms with Gasteiger partial charge >= 0.3 is 0 Å². The van der Waals surface area contributed by atoms with E-state index in [1.165, 1.54) is 18.2 Å². The van der Waals surface area contributed by atoms with Crippen molar-refractivity contribution in [1.82, 2.24) is 0 Å². The summed E-state index contributed by atoms with van der Waals surface area (Å²) in [6, 6.07) is 0. The van der Waals surface area contributed by atoms with Crippen LogP contribution in [0.5, 0.6) is 0 Å². The van der Waals surface area contributed by atoms with Gasteiger partial charge in [-0.05, 0) is 28.1 Å². The van der Waals surface area contributed by atoms with E-state index < -0.39 is 20.6 Å². The van der Waals surface area contributed by atoms with Crippen molar-refractivity contribution < 1.29 is 16.8 Å². The van der Waals surface area contributed by atoms with Crippen molar-refractivity contribution in [2.75, 3.05) is 0 Å².